The molecule has 4 heteroatoms. The van der Waals surface area contributed by atoms with Gasteiger partial charge in [0.15, 0.2) is 0 Å². The predicted molar refractivity (Wildman–Crippen MR) is 77.5 cm³/mol. The number of amides is 2. The van der Waals surface area contributed by atoms with Gasteiger partial charge >= 0.3 is 6.03 Å². The topological polar surface area (TPSA) is 58.2 Å². The Balaban J connectivity index is 2.49. The summed E-state index contributed by atoms with van der Waals surface area (Å²) in [5, 5.41) is 5.37. The molecule has 0 radical (unpaired) electrons. The summed E-state index contributed by atoms with van der Waals surface area (Å²) in [4.78, 5) is 22.3. The molecule has 2 amide bonds. The van der Waals surface area contributed by atoms with Gasteiger partial charge in [0, 0.05) is 18.7 Å². The minimum atomic E-state index is -0.287. The van der Waals surface area contributed by atoms with E-state index < -0.39 is 0 Å². The van der Waals surface area contributed by atoms with Crippen LogP contribution in [0.15, 0.2) is 24.3 Å². The van der Waals surface area contributed by atoms with E-state index in [1.165, 1.54) is 12.5 Å². The number of hydrogen-bond donors (Lipinski definition) is 2. The highest BCUT2D eigenvalue weighted by atomic mass is 16.2. The van der Waals surface area contributed by atoms with Crippen LogP contribution < -0.4 is 10.6 Å². The molecule has 1 rings (SSSR count). The van der Waals surface area contributed by atoms with Gasteiger partial charge in [0.25, 0.3) is 0 Å². The number of Topliss-reactive ketones (excluding diaryl/α,β-unsaturated/α-hetero) is 1. The van der Waals surface area contributed by atoms with E-state index in [-0.39, 0.29) is 17.2 Å². The molecule has 0 heterocycles. The van der Waals surface area contributed by atoms with Crippen molar-refractivity contribution >= 4 is 17.5 Å². The van der Waals surface area contributed by atoms with Crippen LogP contribution in [0, 0.1) is 0 Å². The Morgan fingerprint density at radius 2 is 1.68 bits per heavy atom. The molecule has 0 aliphatic rings. The Morgan fingerprint density at radius 3 is 2.16 bits per heavy atom. The molecule has 19 heavy (non-hydrogen) atoms. The molecular formula is C15H22N2O2. The van der Waals surface area contributed by atoms with Crippen molar-refractivity contribution in [1.82, 2.24) is 5.32 Å². The van der Waals surface area contributed by atoms with E-state index in [4.69, 9.17) is 0 Å². The van der Waals surface area contributed by atoms with E-state index in [0.29, 0.717) is 13.0 Å². The van der Waals surface area contributed by atoms with Crippen LogP contribution in [0.2, 0.25) is 0 Å². The zero-order chi connectivity index (χ0) is 14.5. The molecule has 2 N–H and O–H groups in total. The van der Waals surface area contributed by atoms with Crippen molar-refractivity contribution < 1.29 is 9.59 Å². The van der Waals surface area contributed by atoms with E-state index in [9.17, 15) is 9.59 Å². The number of urea groups is 1. The highest BCUT2D eigenvalue weighted by Gasteiger charge is 2.13. The molecular weight excluding hydrogens is 240 g/mol. The summed E-state index contributed by atoms with van der Waals surface area (Å²) in [7, 11) is 0. The maximum atomic E-state index is 11.5. The molecule has 0 spiro atoms. The van der Waals surface area contributed by atoms with E-state index in [1.807, 2.05) is 24.3 Å². The standard InChI is InChI=1S/C15H22N2O2/c1-11(18)9-10-16-14(19)17-13-7-5-12(6-8-13)15(2,3)4/h5-8H,9-10H2,1-4H3,(H2,16,17,19). The number of anilines is 1. The summed E-state index contributed by atoms with van der Waals surface area (Å²) in [6, 6.07) is 7.48. The van der Waals surface area contributed by atoms with Gasteiger partial charge in [-0.05, 0) is 30.0 Å². The monoisotopic (exact) mass is 262 g/mol. The average Bonchev–Trinajstić information content (AvgIpc) is 2.27. The van der Waals surface area contributed by atoms with E-state index in [0.717, 1.165) is 5.69 Å². The number of carbonyl (C=O) groups excluding carboxylic acids is 2. The third-order valence-electron chi connectivity index (χ3n) is 2.77. The lowest BCUT2D eigenvalue weighted by Crippen LogP contribution is -2.30. The first-order valence-electron chi connectivity index (χ1n) is 6.44. The summed E-state index contributed by atoms with van der Waals surface area (Å²) in [5.74, 6) is 0.0647. The molecule has 0 atom stereocenters. The molecule has 0 aromatic heterocycles. The molecule has 104 valence electrons. The van der Waals surface area contributed by atoms with Crippen molar-refractivity contribution in [1.29, 1.82) is 0 Å². The summed E-state index contributed by atoms with van der Waals surface area (Å²) in [6.07, 6.45) is 0.358. The quantitative estimate of drug-likeness (QED) is 0.876. The Labute approximate surface area is 114 Å². The van der Waals surface area contributed by atoms with Gasteiger partial charge in [-0.2, -0.15) is 0 Å². The summed E-state index contributed by atoms with van der Waals surface area (Å²) < 4.78 is 0. The predicted octanol–water partition coefficient (Wildman–Crippen LogP) is 3.08. The summed E-state index contributed by atoms with van der Waals surface area (Å²) in [6.45, 7) is 8.30. The third kappa shape index (κ3) is 5.55. The van der Waals surface area contributed by atoms with Crippen molar-refractivity contribution in [2.75, 3.05) is 11.9 Å². The van der Waals surface area contributed by atoms with Gasteiger partial charge < -0.3 is 10.6 Å². The van der Waals surface area contributed by atoms with Crippen molar-refractivity contribution in [3.05, 3.63) is 29.8 Å². The smallest absolute Gasteiger partial charge is 0.319 e. The fraction of sp³-hybridized carbons (Fsp3) is 0.467. The molecule has 1 aromatic carbocycles. The van der Waals surface area contributed by atoms with Gasteiger partial charge in [0.2, 0.25) is 0 Å². The second-order valence-electron chi connectivity index (χ2n) is 5.66. The van der Waals surface area contributed by atoms with Gasteiger partial charge in [0.05, 0.1) is 0 Å². The van der Waals surface area contributed by atoms with Crippen LogP contribution in [0.4, 0.5) is 10.5 Å². The molecule has 0 saturated carbocycles. The second-order valence-corrected chi connectivity index (χ2v) is 5.66. The fourth-order valence-electron chi connectivity index (χ4n) is 1.58. The van der Waals surface area contributed by atoms with Crippen molar-refractivity contribution in [2.45, 2.75) is 39.5 Å². The van der Waals surface area contributed by atoms with Crippen molar-refractivity contribution in [2.24, 2.45) is 0 Å². The van der Waals surface area contributed by atoms with Crippen LogP contribution >= 0.6 is 0 Å². The van der Waals surface area contributed by atoms with Crippen LogP contribution in [0.5, 0.6) is 0 Å². The zero-order valence-corrected chi connectivity index (χ0v) is 12.0. The lowest BCUT2D eigenvalue weighted by atomic mass is 9.87. The maximum absolute atomic E-state index is 11.5. The van der Waals surface area contributed by atoms with Gasteiger partial charge in [-0.3, -0.25) is 4.79 Å². The molecule has 1 aromatic rings. The zero-order valence-electron chi connectivity index (χ0n) is 12.0. The Bertz CT molecular complexity index is 444. The Hall–Kier alpha value is -1.84. The van der Waals surface area contributed by atoms with Crippen LogP contribution in [-0.2, 0) is 10.2 Å². The van der Waals surface area contributed by atoms with Gasteiger partial charge in [0.1, 0.15) is 5.78 Å². The van der Waals surface area contributed by atoms with Gasteiger partial charge in [-0.1, -0.05) is 32.9 Å². The number of hydrogen-bond acceptors (Lipinski definition) is 2. The van der Waals surface area contributed by atoms with Crippen LogP contribution in [0.1, 0.15) is 39.7 Å². The first-order chi connectivity index (χ1) is 8.79. The van der Waals surface area contributed by atoms with Crippen LogP contribution in [0.25, 0.3) is 0 Å². The SMILES string of the molecule is CC(=O)CCNC(=O)Nc1ccc(C(C)(C)C)cc1. The average molecular weight is 262 g/mol. The second kappa shape index (κ2) is 6.36. The van der Waals surface area contributed by atoms with E-state index in [2.05, 4.69) is 31.4 Å². The highest BCUT2D eigenvalue weighted by Crippen LogP contribution is 2.23. The summed E-state index contributed by atoms with van der Waals surface area (Å²) in [5.41, 5.74) is 2.06. The highest BCUT2D eigenvalue weighted by molar-refractivity contribution is 5.89. The lowest BCUT2D eigenvalue weighted by Gasteiger charge is -2.19. The number of rotatable bonds is 4. The minimum Gasteiger partial charge on any atom is -0.337 e. The first kappa shape index (κ1) is 15.2. The number of benzene rings is 1. The molecule has 0 saturated heterocycles. The summed E-state index contributed by atoms with van der Waals surface area (Å²) >= 11 is 0. The number of ketones is 1. The van der Waals surface area contributed by atoms with Gasteiger partial charge in [-0.25, -0.2) is 4.79 Å². The Kier molecular flexibility index (Phi) is 5.10. The third-order valence-corrected chi connectivity index (χ3v) is 2.77. The van der Waals surface area contributed by atoms with E-state index >= 15 is 0 Å². The molecule has 0 aliphatic carbocycles. The molecule has 0 fully saturated rings. The number of carbonyl (C=O) groups is 2. The molecule has 0 bridgehead atoms. The van der Waals surface area contributed by atoms with Crippen LogP contribution in [0.3, 0.4) is 0 Å². The largest absolute Gasteiger partial charge is 0.337 e. The van der Waals surface area contributed by atoms with Crippen molar-refractivity contribution in [3.63, 3.8) is 0 Å². The lowest BCUT2D eigenvalue weighted by molar-refractivity contribution is -0.116. The maximum Gasteiger partial charge on any atom is 0.319 e. The fourth-order valence-corrected chi connectivity index (χ4v) is 1.58. The molecule has 0 aliphatic heterocycles. The molecule has 0 unspecified atom stereocenters. The Morgan fingerprint density at radius 1 is 1.11 bits per heavy atom. The van der Waals surface area contributed by atoms with Crippen molar-refractivity contribution in [3.8, 4) is 0 Å². The first-order valence-corrected chi connectivity index (χ1v) is 6.44. The van der Waals surface area contributed by atoms with E-state index in [1.54, 1.807) is 0 Å². The normalized spacial score (nSPS) is 10.9. The minimum absolute atomic E-state index is 0.0647. The van der Waals surface area contributed by atoms with Gasteiger partial charge in [-0.15, -0.1) is 0 Å². The molecule has 4 nitrogen and oxygen atoms in total. The van der Waals surface area contributed by atoms with Crippen LogP contribution in [-0.4, -0.2) is 18.4 Å². The number of nitrogens with one attached hydrogen (secondary N) is 2.